The first-order valence-corrected chi connectivity index (χ1v) is 12.3. The van der Waals surface area contributed by atoms with Crippen LogP contribution in [0.15, 0.2) is 6.07 Å². The van der Waals surface area contributed by atoms with Gasteiger partial charge in [-0.3, -0.25) is 14.5 Å². The van der Waals surface area contributed by atoms with E-state index in [1.807, 2.05) is 20.8 Å². The predicted molar refractivity (Wildman–Crippen MR) is 138 cm³/mol. The molecule has 0 aliphatic carbocycles. The molecular formula is C26H35F2N5O6. The van der Waals surface area contributed by atoms with E-state index in [2.05, 4.69) is 4.98 Å². The van der Waals surface area contributed by atoms with Crippen LogP contribution in [-0.2, 0) is 24.6 Å². The second kappa shape index (κ2) is 12.4. The number of ether oxygens (including phenoxy) is 2. The van der Waals surface area contributed by atoms with Gasteiger partial charge in [0.15, 0.2) is 18.4 Å². The number of likely N-dealkylation sites (N-methyl/N-ethyl adjacent to an activating group) is 1. The maximum absolute atomic E-state index is 15.3. The third-order valence-electron chi connectivity index (χ3n) is 5.44. The Morgan fingerprint density at radius 2 is 1.79 bits per heavy atom. The first kappa shape index (κ1) is 31.4. The Balaban J connectivity index is 2.39. The van der Waals surface area contributed by atoms with Crippen LogP contribution in [0.2, 0.25) is 0 Å². The topological polar surface area (TPSA) is 138 Å². The minimum absolute atomic E-state index is 0.0108. The smallest absolute Gasteiger partial charge is 0.480 e. The minimum atomic E-state index is -1.09. The van der Waals surface area contributed by atoms with Crippen LogP contribution < -0.4 is 4.90 Å². The maximum atomic E-state index is 15.3. The molecular weight excluding hydrogens is 516 g/mol. The van der Waals surface area contributed by atoms with Gasteiger partial charge >= 0.3 is 12.1 Å². The van der Waals surface area contributed by atoms with Crippen molar-refractivity contribution < 1.29 is 37.7 Å². The molecule has 0 spiro atoms. The van der Waals surface area contributed by atoms with Crippen LogP contribution in [0, 0.1) is 28.4 Å². The van der Waals surface area contributed by atoms with Gasteiger partial charge in [0.2, 0.25) is 11.9 Å². The van der Waals surface area contributed by atoms with Gasteiger partial charge in [-0.2, -0.15) is 5.26 Å². The summed E-state index contributed by atoms with van der Waals surface area (Å²) in [6.45, 7) is 10.0. The lowest BCUT2D eigenvalue weighted by Gasteiger charge is -2.30. The highest BCUT2D eigenvalue weighted by Crippen LogP contribution is 2.35. The number of anilines is 1. The Hall–Kier alpha value is -3.79. The standard InChI is InChI=1S/C26H35F2N5O6/c1-25(2,3)12-18(34)32(15-39-24(37)38-10-8-9-31(7)14-19(35)36)23-30-21-17(27)11-16(13-29)20(28)22(21)33(23)26(4,5)6/h11H,8-10,12,14-15H2,1-7H3,(H,35,36). The zero-order valence-corrected chi connectivity index (χ0v) is 23.3. The van der Waals surface area contributed by atoms with E-state index >= 15 is 4.39 Å². The summed E-state index contributed by atoms with van der Waals surface area (Å²) in [4.78, 5) is 43.2. The summed E-state index contributed by atoms with van der Waals surface area (Å²) >= 11 is 0. The zero-order valence-electron chi connectivity index (χ0n) is 23.3. The van der Waals surface area contributed by atoms with Crippen molar-refractivity contribution in [2.75, 3.05) is 38.4 Å². The number of nitriles is 1. The number of hydrogen-bond acceptors (Lipinski definition) is 8. The highest BCUT2D eigenvalue weighted by atomic mass is 19.1. The normalized spacial score (nSPS) is 11.9. The van der Waals surface area contributed by atoms with Gasteiger partial charge in [-0.05, 0) is 45.7 Å². The van der Waals surface area contributed by atoms with Crippen molar-refractivity contribution >= 4 is 35.0 Å². The quantitative estimate of drug-likeness (QED) is 0.261. The molecule has 1 N–H and O–H groups in total. The summed E-state index contributed by atoms with van der Waals surface area (Å²) in [7, 11) is 1.61. The largest absolute Gasteiger partial charge is 0.510 e. The average molecular weight is 552 g/mol. The van der Waals surface area contributed by atoms with Crippen LogP contribution in [0.1, 0.15) is 59.9 Å². The van der Waals surface area contributed by atoms with Crippen molar-refractivity contribution in [3.8, 4) is 6.07 Å². The molecule has 0 aliphatic rings. The molecule has 0 radical (unpaired) electrons. The van der Waals surface area contributed by atoms with Crippen LogP contribution in [0.3, 0.4) is 0 Å². The van der Waals surface area contributed by atoms with Crippen LogP contribution in [0.4, 0.5) is 19.5 Å². The van der Waals surface area contributed by atoms with E-state index in [9.17, 15) is 24.0 Å². The van der Waals surface area contributed by atoms with E-state index in [0.29, 0.717) is 13.0 Å². The van der Waals surface area contributed by atoms with E-state index in [1.165, 1.54) is 9.47 Å². The zero-order chi connectivity index (χ0) is 29.7. The third kappa shape index (κ3) is 8.35. The summed E-state index contributed by atoms with van der Waals surface area (Å²) in [5.41, 5.74) is -2.61. The fraction of sp³-hybridized carbons (Fsp3) is 0.577. The molecule has 1 aromatic carbocycles. The number of nitrogens with zero attached hydrogens (tertiary/aromatic N) is 5. The van der Waals surface area contributed by atoms with Crippen LogP contribution in [-0.4, -0.2) is 71.1 Å². The van der Waals surface area contributed by atoms with Crippen LogP contribution >= 0.6 is 0 Å². The van der Waals surface area contributed by atoms with Gasteiger partial charge in [0, 0.05) is 18.5 Å². The number of aliphatic carboxylic acids is 1. The number of amides is 1. The lowest BCUT2D eigenvalue weighted by atomic mass is 9.92. The highest BCUT2D eigenvalue weighted by molar-refractivity contribution is 5.94. The Morgan fingerprint density at radius 3 is 2.33 bits per heavy atom. The van der Waals surface area contributed by atoms with Gasteiger partial charge in [0.1, 0.15) is 17.1 Å². The van der Waals surface area contributed by atoms with Crippen molar-refractivity contribution in [2.24, 2.45) is 5.41 Å². The van der Waals surface area contributed by atoms with Crippen LogP contribution in [0.5, 0.6) is 0 Å². The highest BCUT2D eigenvalue weighted by Gasteiger charge is 2.34. The molecule has 0 bridgehead atoms. The maximum Gasteiger partial charge on any atom is 0.510 e. The first-order valence-electron chi connectivity index (χ1n) is 12.3. The Labute approximate surface area is 225 Å². The lowest BCUT2D eigenvalue weighted by Crippen LogP contribution is -2.40. The molecule has 0 atom stereocenters. The molecule has 2 aromatic rings. The Morgan fingerprint density at radius 1 is 1.15 bits per heavy atom. The second-order valence-corrected chi connectivity index (χ2v) is 11.4. The van der Waals surface area contributed by atoms with E-state index in [4.69, 9.17) is 14.6 Å². The van der Waals surface area contributed by atoms with Crippen LogP contribution in [0.25, 0.3) is 11.0 Å². The van der Waals surface area contributed by atoms with Gasteiger partial charge in [-0.15, -0.1) is 0 Å². The van der Waals surface area contributed by atoms with Crippen molar-refractivity contribution in [3.05, 3.63) is 23.3 Å². The number of carbonyl (C=O) groups is 3. The molecule has 0 unspecified atom stereocenters. The van der Waals surface area contributed by atoms with Gasteiger partial charge in [0.25, 0.3) is 0 Å². The molecule has 13 heteroatoms. The fourth-order valence-electron chi connectivity index (χ4n) is 3.81. The van der Waals surface area contributed by atoms with Gasteiger partial charge in [-0.25, -0.2) is 23.5 Å². The van der Waals surface area contributed by atoms with E-state index in [1.54, 1.807) is 33.9 Å². The molecule has 2 rings (SSSR count). The molecule has 0 aliphatic heterocycles. The van der Waals surface area contributed by atoms with Crippen molar-refractivity contribution in [2.45, 2.75) is 59.9 Å². The Bertz CT molecular complexity index is 1270. The predicted octanol–water partition coefficient (Wildman–Crippen LogP) is 4.23. The number of carboxylic acids is 1. The molecule has 0 fully saturated rings. The SMILES string of the molecule is CN(CCCOC(=O)OCN(C(=O)CC(C)(C)C)c1nc2c(F)cc(C#N)c(F)c2n1C(C)(C)C)CC(=O)O. The first-order chi connectivity index (χ1) is 18.0. The number of halogens is 2. The second-order valence-electron chi connectivity index (χ2n) is 11.4. The van der Waals surface area contributed by atoms with Crippen molar-refractivity contribution in [3.63, 3.8) is 0 Å². The van der Waals surface area contributed by atoms with E-state index in [-0.39, 0.29) is 36.6 Å². The fourth-order valence-corrected chi connectivity index (χ4v) is 3.81. The third-order valence-corrected chi connectivity index (χ3v) is 5.44. The number of benzene rings is 1. The molecule has 0 saturated heterocycles. The summed E-state index contributed by atoms with van der Waals surface area (Å²) in [6, 6.07) is 2.37. The molecule has 1 heterocycles. The molecule has 39 heavy (non-hydrogen) atoms. The number of hydrogen-bond donors (Lipinski definition) is 1. The number of rotatable bonds is 10. The summed E-state index contributed by atoms with van der Waals surface area (Å²) in [5, 5.41) is 18.1. The summed E-state index contributed by atoms with van der Waals surface area (Å²) in [6.07, 6.45) is -0.763. The monoisotopic (exact) mass is 551 g/mol. The lowest BCUT2D eigenvalue weighted by molar-refractivity contribution is -0.138. The number of carboxylic acid groups (broad SMARTS) is 1. The van der Waals surface area contributed by atoms with Crippen molar-refractivity contribution in [1.29, 1.82) is 5.26 Å². The summed E-state index contributed by atoms with van der Waals surface area (Å²) in [5.74, 6) is -3.60. The Kier molecular flexibility index (Phi) is 9.97. The van der Waals surface area contributed by atoms with E-state index in [0.717, 1.165) is 11.0 Å². The molecule has 11 nitrogen and oxygen atoms in total. The molecule has 1 aromatic heterocycles. The number of imidazole rings is 1. The number of aromatic nitrogens is 2. The van der Waals surface area contributed by atoms with Crippen molar-refractivity contribution in [1.82, 2.24) is 14.5 Å². The molecule has 214 valence electrons. The summed E-state index contributed by atoms with van der Waals surface area (Å²) < 4.78 is 41.7. The minimum Gasteiger partial charge on any atom is -0.480 e. The van der Waals surface area contributed by atoms with Gasteiger partial charge in [-0.1, -0.05) is 20.8 Å². The van der Waals surface area contributed by atoms with Gasteiger partial charge < -0.3 is 19.1 Å². The molecule has 0 saturated carbocycles. The average Bonchev–Trinajstić information content (AvgIpc) is 3.19. The van der Waals surface area contributed by atoms with Gasteiger partial charge in [0.05, 0.1) is 18.7 Å². The molecule has 1 amide bonds. The van der Waals surface area contributed by atoms with E-state index < -0.39 is 52.9 Å². The number of fused-ring (bicyclic) bond motifs is 1. The number of carbonyl (C=O) groups excluding carboxylic acids is 2.